The topological polar surface area (TPSA) is 28.2 Å². The number of hydrogen-bond donors (Lipinski definition) is 1. The number of aromatic nitrogens is 1. The molecule has 116 valence electrons. The fourth-order valence-corrected chi connectivity index (χ4v) is 3.94. The second-order valence-corrected chi connectivity index (χ2v) is 6.97. The Bertz CT molecular complexity index is 456. The molecular formula is C18H29N3. The summed E-state index contributed by atoms with van der Waals surface area (Å²) in [6.07, 6.45) is 8.37. The third-order valence-electron chi connectivity index (χ3n) is 5.02. The Kier molecular flexibility index (Phi) is 4.79. The first-order valence-electron chi connectivity index (χ1n) is 8.70. The van der Waals surface area contributed by atoms with Gasteiger partial charge >= 0.3 is 0 Å². The van der Waals surface area contributed by atoms with E-state index in [1.807, 2.05) is 0 Å². The monoisotopic (exact) mass is 287 g/mol. The van der Waals surface area contributed by atoms with Crippen LogP contribution in [0.1, 0.15) is 58.1 Å². The molecule has 1 aromatic heterocycles. The molecule has 1 aromatic rings. The summed E-state index contributed by atoms with van der Waals surface area (Å²) < 4.78 is 0. The summed E-state index contributed by atoms with van der Waals surface area (Å²) in [5.41, 5.74) is 1.17. The molecule has 1 saturated carbocycles. The first kappa shape index (κ1) is 14.8. The Morgan fingerprint density at radius 1 is 1.19 bits per heavy atom. The predicted molar refractivity (Wildman–Crippen MR) is 88.5 cm³/mol. The third kappa shape index (κ3) is 3.57. The zero-order valence-corrected chi connectivity index (χ0v) is 13.5. The van der Waals surface area contributed by atoms with Crippen molar-refractivity contribution in [1.82, 2.24) is 10.3 Å². The molecule has 2 heterocycles. The Hall–Kier alpha value is -1.09. The van der Waals surface area contributed by atoms with Crippen molar-refractivity contribution in [2.75, 3.05) is 11.4 Å². The highest BCUT2D eigenvalue weighted by Crippen LogP contribution is 2.37. The van der Waals surface area contributed by atoms with Crippen LogP contribution in [0.25, 0.3) is 0 Å². The van der Waals surface area contributed by atoms with Gasteiger partial charge in [0.25, 0.3) is 0 Å². The second kappa shape index (κ2) is 6.78. The summed E-state index contributed by atoms with van der Waals surface area (Å²) in [5, 5.41) is 3.47. The molecule has 1 saturated heterocycles. The lowest BCUT2D eigenvalue weighted by atomic mass is 9.78. The van der Waals surface area contributed by atoms with Crippen LogP contribution in [-0.2, 0) is 6.54 Å². The van der Waals surface area contributed by atoms with Crippen molar-refractivity contribution >= 4 is 5.82 Å². The lowest BCUT2D eigenvalue weighted by molar-refractivity contribution is 0.242. The van der Waals surface area contributed by atoms with Gasteiger partial charge in [-0.15, -0.1) is 0 Å². The lowest BCUT2D eigenvalue weighted by Gasteiger charge is -2.44. The fraction of sp³-hybridized carbons (Fsp3) is 0.722. The summed E-state index contributed by atoms with van der Waals surface area (Å²) in [5.74, 6) is 2.11. The molecule has 3 heteroatoms. The van der Waals surface area contributed by atoms with E-state index in [0.29, 0.717) is 6.04 Å². The standard InChI is InChI=1S/C18H29N3/c1-14(2)19-13-16-9-5-11-18(20-16)21-12-6-8-15-7-3-4-10-17(15)21/h5,9,11,14-15,17,19H,3-4,6-8,10,12-13H2,1-2H3/t15-,17-/m1/s1. The first-order valence-corrected chi connectivity index (χ1v) is 8.70. The molecule has 0 radical (unpaired) electrons. The number of anilines is 1. The molecule has 0 aromatic carbocycles. The Labute approximate surface area is 129 Å². The largest absolute Gasteiger partial charge is 0.353 e. The van der Waals surface area contributed by atoms with Gasteiger partial charge in [-0.1, -0.05) is 32.8 Å². The van der Waals surface area contributed by atoms with E-state index < -0.39 is 0 Å². The quantitative estimate of drug-likeness (QED) is 0.914. The van der Waals surface area contributed by atoms with E-state index in [-0.39, 0.29) is 0 Å². The van der Waals surface area contributed by atoms with Crippen LogP contribution in [0.5, 0.6) is 0 Å². The maximum atomic E-state index is 4.92. The Balaban J connectivity index is 1.74. The molecule has 2 fully saturated rings. The molecular weight excluding hydrogens is 258 g/mol. The van der Waals surface area contributed by atoms with Crippen molar-refractivity contribution in [3.63, 3.8) is 0 Å². The summed E-state index contributed by atoms with van der Waals surface area (Å²) in [4.78, 5) is 7.53. The van der Waals surface area contributed by atoms with E-state index in [1.54, 1.807) is 0 Å². The van der Waals surface area contributed by atoms with Crippen molar-refractivity contribution < 1.29 is 0 Å². The number of fused-ring (bicyclic) bond motifs is 1. The van der Waals surface area contributed by atoms with Crippen LogP contribution in [0.3, 0.4) is 0 Å². The Morgan fingerprint density at radius 2 is 2.00 bits per heavy atom. The molecule has 3 rings (SSSR count). The average Bonchev–Trinajstić information content (AvgIpc) is 2.52. The molecule has 1 aliphatic carbocycles. The number of nitrogens with zero attached hydrogens (tertiary/aromatic N) is 2. The van der Waals surface area contributed by atoms with Crippen LogP contribution in [0.4, 0.5) is 5.82 Å². The van der Waals surface area contributed by atoms with Crippen molar-refractivity contribution in [3.05, 3.63) is 23.9 Å². The molecule has 0 bridgehead atoms. The minimum atomic E-state index is 0.508. The van der Waals surface area contributed by atoms with Crippen LogP contribution < -0.4 is 10.2 Å². The molecule has 0 amide bonds. The van der Waals surface area contributed by atoms with Crippen LogP contribution in [0, 0.1) is 5.92 Å². The van der Waals surface area contributed by atoms with Crippen molar-refractivity contribution in [3.8, 4) is 0 Å². The second-order valence-electron chi connectivity index (χ2n) is 6.97. The average molecular weight is 287 g/mol. The third-order valence-corrected chi connectivity index (χ3v) is 5.02. The van der Waals surface area contributed by atoms with Crippen LogP contribution >= 0.6 is 0 Å². The van der Waals surface area contributed by atoms with Gasteiger partial charge in [0.2, 0.25) is 0 Å². The predicted octanol–water partition coefficient (Wildman–Crippen LogP) is 3.74. The van der Waals surface area contributed by atoms with Gasteiger partial charge in [-0.3, -0.25) is 0 Å². The molecule has 0 unspecified atom stereocenters. The van der Waals surface area contributed by atoms with Crippen LogP contribution in [0.2, 0.25) is 0 Å². The van der Waals surface area contributed by atoms with E-state index in [4.69, 9.17) is 4.98 Å². The number of piperidine rings is 1. The van der Waals surface area contributed by atoms with Gasteiger partial charge in [-0.2, -0.15) is 0 Å². The van der Waals surface area contributed by atoms with Gasteiger partial charge < -0.3 is 10.2 Å². The van der Waals surface area contributed by atoms with E-state index in [2.05, 4.69) is 42.3 Å². The van der Waals surface area contributed by atoms with E-state index in [9.17, 15) is 0 Å². The molecule has 21 heavy (non-hydrogen) atoms. The van der Waals surface area contributed by atoms with Gasteiger partial charge in [0, 0.05) is 25.2 Å². The zero-order valence-electron chi connectivity index (χ0n) is 13.5. The van der Waals surface area contributed by atoms with Gasteiger partial charge in [0.05, 0.1) is 5.69 Å². The SMILES string of the molecule is CC(C)NCc1cccc(N2CCC[C@H]3CCCC[C@H]32)n1. The Morgan fingerprint density at radius 3 is 2.86 bits per heavy atom. The number of nitrogens with one attached hydrogen (secondary N) is 1. The fourth-order valence-electron chi connectivity index (χ4n) is 3.94. The summed E-state index contributed by atoms with van der Waals surface area (Å²) in [6, 6.07) is 7.77. The maximum Gasteiger partial charge on any atom is 0.129 e. The highest BCUT2D eigenvalue weighted by atomic mass is 15.2. The van der Waals surface area contributed by atoms with E-state index >= 15 is 0 Å². The molecule has 2 aliphatic rings. The molecule has 3 nitrogen and oxygen atoms in total. The zero-order chi connectivity index (χ0) is 14.7. The summed E-state index contributed by atoms with van der Waals surface area (Å²) in [7, 11) is 0. The highest BCUT2D eigenvalue weighted by Gasteiger charge is 2.33. The van der Waals surface area contributed by atoms with Crippen molar-refractivity contribution in [1.29, 1.82) is 0 Å². The lowest BCUT2D eigenvalue weighted by Crippen LogP contribution is -2.47. The summed E-state index contributed by atoms with van der Waals surface area (Å²) >= 11 is 0. The number of pyridine rings is 1. The van der Waals surface area contributed by atoms with Gasteiger partial charge in [0.1, 0.15) is 5.82 Å². The van der Waals surface area contributed by atoms with Gasteiger partial charge in [0.15, 0.2) is 0 Å². The summed E-state index contributed by atoms with van der Waals surface area (Å²) in [6.45, 7) is 6.42. The van der Waals surface area contributed by atoms with Gasteiger partial charge in [-0.25, -0.2) is 4.98 Å². The minimum absolute atomic E-state index is 0.508. The highest BCUT2D eigenvalue weighted by molar-refractivity contribution is 5.41. The van der Waals surface area contributed by atoms with Crippen molar-refractivity contribution in [2.45, 2.75) is 71.0 Å². The van der Waals surface area contributed by atoms with Crippen molar-refractivity contribution in [2.24, 2.45) is 5.92 Å². The van der Waals surface area contributed by atoms with E-state index in [0.717, 1.165) is 18.5 Å². The van der Waals surface area contributed by atoms with Crippen LogP contribution in [-0.4, -0.2) is 23.6 Å². The van der Waals surface area contributed by atoms with E-state index in [1.165, 1.54) is 56.6 Å². The molecule has 2 atom stereocenters. The normalized spacial score (nSPS) is 26.0. The van der Waals surface area contributed by atoms with Gasteiger partial charge in [-0.05, 0) is 43.7 Å². The maximum absolute atomic E-state index is 4.92. The molecule has 1 aliphatic heterocycles. The van der Waals surface area contributed by atoms with Crippen LogP contribution in [0.15, 0.2) is 18.2 Å². The smallest absolute Gasteiger partial charge is 0.129 e. The molecule has 1 N–H and O–H groups in total. The number of hydrogen-bond acceptors (Lipinski definition) is 3. The number of rotatable bonds is 4. The molecule has 0 spiro atoms. The minimum Gasteiger partial charge on any atom is -0.353 e. The first-order chi connectivity index (χ1) is 10.2.